The van der Waals surface area contributed by atoms with E-state index in [4.69, 9.17) is 16.3 Å². The van der Waals surface area contributed by atoms with Gasteiger partial charge < -0.3 is 4.74 Å². The molecule has 1 nitrogen and oxygen atoms in total. The van der Waals surface area contributed by atoms with Crippen molar-refractivity contribution in [2.75, 3.05) is 0 Å². The largest absolute Gasteiger partial charge is 0.340 e. The summed E-state index contributed by atoms with van der Waals surface area (Å²) in [4.78, 5) is 0. The van der Waals surface area contributed by atoms with Crippen molar-refractivity contribution in [3.05, 3.63) is 53.2 Å². The molecule has 0 amide bonds. The summed E-state index contributed by atoms with van der Waals surface area (Å²) in [5.74, 6) is 0. The summed E-state index contributed by atoms with van der Waals surface area (Å²) in [5, 5.41) is 5.73. The van der Waals surface area contributed by atoms with Crippen LogP contribution in [0.2, 0.25) is 0 Å². The van der Waals surface area contributed by atoms with Gasteiger partial charge in [-0.25, -0.2) is 0 Å². The number of rotatable bonds is 0. The third-order valence-electron chi connectivity index (χ3n) is 4.11. The first-order chi connectivity index (χ1) is 8.77. The topological polar surface area (TPSA) is 12.5 Å². The maximum Gasteiger partial charge on any atom is 0.198 e. The van der Waals surface area contributed by atoms with Crippen LogP contribution < -0.4 is 5.22 Å². The van der Waals surface area contributed by atoms with Gasteiger partial charge in [-0.05, 0) is 32.8 Å². The van der Waals surface area contributed by atoms with E-state index in [0.29, 0.717) is 0 Å². The third kappa shape index (κ3) is 0.912. The van der Waals surface area contributed by atoms with Crippen molar-refractivity contribution in [1.29, 1.82) is 0 Å². The molecule has 1 saturated heterocycles. The van der Waals surface area contributed by atoms with Gasteiger partial charge in [-0.2, -0.15) is 0 Å². The van der Waals surface area contributed by atoms with Gasteiger partial charge in [-0.1, -0.05) is 54.1 Å². The van der Waals surface area contributed by atoms with Crippen LogP contribution >= 0.6 is 11.6 Å². The second-order valence-corrected chi connectivity index (χ2v) is 5.63. The first-order valence-corrected chi connectivity index (χ1v) is 6.48. The van der Waals surface area contributed by atoms with E-state index in [9.17, 15) is 0 Å². The molecule has 5 rings (SSSR count). The lowest BCUT2D eigenvalue weighted by Gasteiger charge is -2.15. The molecule has 0 spiro atoms. The number of hydrogen-bond acceptors (Lipinski definition) is 1. The summed E-state index contributed by atoms with van der Waals surface area (Å²) in [7, 11) is 0. The lowest BCUT2D eigenvalue weighted by atomic mass is 9.90. The van der Waals surface area contributed by atoms with E-state index >= 15 is 0 Å². The molecule has 0 N–H and O–H groups in total. The normalized spacial score (nSPS) is 28.2. The molecule has 1 aliphatic carbocycles. The highest BCUT2D eigenvalue weighted by Gasteiger charge is 2.57. The maximum absolute atomic E-state index is 6.53. The standard InChI is InChI=1S/C16H9ClO/c17-16-12-7-6-10-3-1-2-9-4-5-11(8-13(16)18-16)15(12)14(9)10/h1-8,13H. The molecular formula is C16H9ClO. The zero-order valence-electron chi connectivity index (χ0n) is 9.48. The number of benzene rings is 3. The Balaban J connectivity index is 2.16. The zero-order valence-corrected chi connectivity index (χ0v) is 10.2. The highest BCUT2D eigenvalue weighted by atomic mass is 35.5. The second kappa shape index (κ2) is 2.71. The molecule has 2 atom stereocenters. The molecule has 0 bridgehead atoms. The molecule has 0 radical (unpaired) electrons. The van der Waals surface area contributed by atoms with Crippen LogP contribution in [-0.2, 0) is 9.80 Å². The van der Waals surface area contributed by atoms with E-state index in [1.165, 1.54) is 26.8 Å². The number of halogens is 1. The van der Waals surface area contributed by atoms with E-state index in [0.717, 1.165) is 5.56 Å². The number of hydrogen-bond donors (Lipinski definition) is 0. The van der Waals surface area contributed by atoms with Crippen LogP contribution in [0.3, 0.4) is 0 Å². The molecule has 1 fully saturated rings. The number of epoxide rings is 1. The van der Waals surface area contributed by atoms with E-state index in [2.05, 4.69) is 48.5 Å². The molecular weight excluding hydrogens is 244 g/mol. The lowest BCUT2D eigenvalue weighted by molar-refractivity contribution is 0.375. The average Bonchev–Trinajstić information content (AvgIpc) is 3.07. The summed E-state index contributed by atoms with van der Waals surface area (Å²) in [5.41, 5.74) is 1.12. The smallest absolute Gasteiger partial charge is 0.198 e. The fraction of sp³-hybridized carbons (Fsp3) is 0.125. The van der Waals surface area contributed by atoms with Crippen molar-refractivity contribution in [2.45, 2.75) is 11.2 Å². The first-order valence-electron chi connectivity index (χ1n) is 6.10. The predicted molar refractivity (Wildman–Crippen MR) is 73.5 cm³/mol. The Morgan fingerprint density at radius 1 is 0.944 bits per heavy atom. The summed E-state index contributed by atoms with van der Waals surface area (Å²) < 4.78 is 5.65. The van der Waals surface area contributed by atoms with E-state index in [1.54, 1.807) is 0 Å². The molecule has 1 aliphatic heterocycles. The Kier molecular flexibility index (Phi) is 1.41. The minimum atomic E-state index is -0.606. The Labute approximate surface area is 109 Å². The van der Waals surface area contributed by atoms with Gasteiger partial charge in [0, 0.05) is 5.56 Å². The molecule has 3 aromatic rings. The van der Waals surface area contributed by atoms with Crippen LogP contribution in [0.4, 0.5) is 0 Å². The van der Waals surface area contributed by atoms with Crippen molar-refractivity contribution in [3.8, 4) is 0 Å². The Morgan fingerprint density at radius 3 is 2.56 bits per heavy atom. The van der Waals surface area contributed by atoms with Crippen molar-refractivity contribution < 1.29 is 4.74 Å². The monoisotopic (exact) mass is 252 g/mol. The summed E-state index contributed by atoms with van der Waals surface area (Å²) >= 11 is 6.53. The summed E-state index contributed by atoms with van der Waals surface area (Å²) in [6.45, 7) is 0. The van der Waals surface area contributed by atoms with Crippen LogP contribution in [0.25, 0.3) is 27.6 Å². The number of ether oxygens (including phenoxy) is 1. The van der Waals surface area contributed by atoms with Gasteiger partial charge in [0.2, 0.25) is 0 Å². The number of fused-ring (bicyclic) bond motifs is 2. The van der Waals surface area contributed by atoms with Gasteiger partial charge in [0.15, 0.2) is 5.06 Å². The second-order valence-electron chi connectivity index (χ2n) is 5.07. The van der Waals surface area contributed by atoms with Crippen molar-refractivity contribution >= 4 is 39.2 Å². The molecule has 2 aliphatic rings. The highest BCUT2D eigenvalue weighted by molar-refractivity contribution is 6.28. The van der Waals surface area contributed by atoms with Crippen molar-refractivity contribution in [1.82, 2.24) is 0 Å². The Bertz CT molecular complexity index is 867. The number of alkyl halides is 1. The van der Waals surface area contributed by atoms with Gasteiger partial charge in [-0.3, -0.25) is 0 Å². The van der Waals surface area contributed by atoms with Gasteiger partial charge in [-0.15, -0.1) is 0 Å². The SMILES string of the molecule is ClC12OC1C=c1ccc3cccc4ccc2c1c43. The molecule has 3 aromatic carbocycles. The zero-order chi connectivity index (χ0) is 11.9. The molecule has 2 heteroatoms. The fourth-order valence-electron chi connectivity index (χ4n) is 3.20. The molecule has 86 valence electrons. The molecule has 18 heavy (non-hydrogen) atoms. The van der Waals surface area contributed by atoms with E-state index < -0.39 is 5.06 Å². The van der Waals surface area contributed by atoms with Crippen LogP contribution in [-0.4, -0.2) is 6.10 Å². The van der Waals surface area contributed by atoms with E-state index in [-0.39, 0.29) is 6.10 Å². The predicted octanol–water partition coefficient (Wildman–Crippen LogP) is 3.30. The highest BCUT2D eigenvalue weighted by Crippen LogP contribution is 2.54. The minimum absolute atomic E-state index is 0.0361. The minimum Gasteiger partial charge on any atom is -0.340 e. The fourth-order valence-corrected chi connectivity index (χ4v) is 3.52. The third-order valence-corrected chi connectivity index (χ3v) is 4.62. The maximum atomic E-state index is 6.53. The van der Waals surface area contributed by atoms with Crippen LogP contribution in [0.5, 0.6) is 0 Å². The van der Waals surface area contributed by atoms with Crippen LogP contribution in [0.15, 0.2) is 42.5 Å². The molecule has 1 heterocycles. The van der Waals surface area contributed by atoms with Gasteiger partial charge in [0.1, 0.15) is 6.10 Å². The molecule has 0 saturated carbocycles. The first kappa shape index (κ1) is 9.37. The van der Waals surface area contributed by atoms with E-state index in [1.807, 2.05) is 0 Å². The van der Waals surface area contributed by atoms with Crippen LogP contribution in [0, 0.1) is 0 Å². The van der Waals surface area contributed by atoms with Crippen LogP contribution in [0.1, 0.15) is 5.56 Å². The van der Waals surface area contributed by atoms with Crippen molar-refractivity contribution in [3.63, 3.8) is 0 Å². The average molecular weight is 253 g/mol. The Morgan fingerprint density at radius 2 is 1.72 bits per heavy atom. The lowest BCUT2D eigenvalue weighted by Crippen LogP contribution is -2.17. The quantitative estimate of drug-likeness (QED) is 0.442. The van der Waals surface area contributed by atoms with Gasteiger partial charge in [0.25, 0.3) is 0 Å². The summed E-state index contributed by atoms with van der Waals surface area (Å²) in [6, 6.07) is 15.0. The molecule has 0 aromatic heterocycles. The molecule has 2 unspecified atom stereocenters. The van der Waals surface area contributed by atoms with Crippen molar-refractivity contribution in [2.24, 2.45) is 0 Å². The van der Waals surface area contributed by atoms with Gasteiger partial charge in [0.05, 0.1) is 0 Å². The summed E-state index contributed by atoms with van der Waals surface area (Å²) in [6.07, 6.45) is 2.18. The Hall–Kier alpha value is -1.57. The van der Waals surface area contributed by atoms with Gasteiger partial charge >= 0.3 is 0 Å².